The highest BCUT2D eigenvalue weighted by Gasteiger charge is 2.22. The molecule has 11 rings (SSSR count). The lowest BCUT2D eigenvalue weighted by molar-refractivity contribution is 1.16. The average Bonchev–Trinajstić information content (AvgIpc) is 3.84. The first-order valence-corrected chi connectivity index (χ1v) is 18.0. The lowest BCUT2D eigenvalue weighted by atomic mass is 10.1. The predicted octanol–water partition coefficient (Wildman–Crippen LogP) is 12.4. The first kappa shape index (κ1) is 28.3. The summed E-state index contributed by atoms with van der Waals surface area (Å²) in [6.45, 7) is 0. The molecule has 0 saturated heterocycles. The maximum absolute atomic E-state index is 5.40. The van der Waals surface area contributed by atoms with Gasteiger partial charge in [0.2, 0.25) is 0 Å². The van der Waals surface area contributed by atoms with E-state index in [2.05, 4.69) is 179 Å². The summed E-state index contributed by atoms with van der Waals surface area (Å²) in [7, 11) is 0. The monoisotopic (exact) mass is 668 g/mol. The smallest absolute Gasteiger partial charge is 0.163 e. The summed E-state index contributed by atoms with van der Waals surface area (Å²) >= 11 is 1.73. The van der Waals surface area contributed by atoms with Crippen molar-refractivity contribution in [2.75, 3.05) is 0 Å². The van der Waals surface area contributed by atoms with E-state index in [4.69, 9.17) is 9.97 Å². The van der Waals surface area contributed by atoms with Crippen LogP contribution in [0.15, 0.2) is 170 Å². The molecule has 0 atom stereocenters. The van der Waals surface area contributed by atoms with Crippen molar-refractivity contribution in [2.45, 2.75) is 0 Å². The van der Waals surface area contributed by atoms with Crippen molar-refractivity contribution in [3.63, 3.8) is 0 Å². The summed E-state index contributed by atoms with van der Waals surface area (Å²) in [5, 5.41) is 7.17. The zero-order valence-corrected chi connectivity index (χ0v) is 28.2. The summed E-state index contributed by atoms with van der Waals surface area (Å²) in [5.41, 5.74) is 9.92. The maximum Gasteiger partial charge on any atom is 0.163 e. The fourth-order valence-corrected chi connectivity index (χ4v) is 9.03. The Labute approximate surface area is 297 Å². The minimum absolute atomic E-state index is 0.719. The van der Waals surface area contributed by atoms with E-state index in [0.29, 0.717) is 0 Å². The van der Waals surface area contributed by atoms with Crippen LogP contribution in [0.25, 0.3) is 97.9 Å². The summed E-state index contributed by atoms with van der Waals surface area (Å²) in [5.74, 6) is 0.719. The molecule has 4 heterocycles. The Morgan fingerprint density at radius 3 is 1.75 bits per heavy atom. The number of hydrogen-bond donors (Lipinski definition) is 0. The van der Waals surface area contributed by atoms with E-state index in [-0.39, 0.29) is 0 Å². The van der Waals surface area contributed by atoms with Crippen LogP contribution in [0.4, 0.5) is 0 Å². The summed E-state index contributed by atoms with van der Waals surface area (Å²) in [4.78, 5) is 11.7. The third kappa shape index (κ3) is 4.19. The van der Waals surface area contributed by atoms with Crippen LogP contribution in [0.5, 0.6) is 0 Å². The van der Waals surface area contributed by atoms with Gasteiger partial charge in [0.15, 0.2) is 5.82 Å². The molecular formula is C46H28N4S. The molecule has 0 radical (unpaired) electrons. The molecule has 0 unspecified atom stereocenters. The number of rotatable bonds is 4. The Morgan fingerprint density at radius 1 is 0.431 bits per heavy atom. The normalized spacial score (nSPS) is 11.9. The second-order valence-electron chi connectivity index (χ2n) is 13.0. The zero-order chi connectivity index (χ0) is 33.5. The van der Waals surface area contributed by atoms with Gasteiger partial charge < -0.3 is 9.13 Å². The third-order valence-corrected chi connectivity index (χ3v) is 11.2. The van der Waals surface area contributed by atoms with Gasteiger partial charge in [-0.2, -0.15) is 0 Å². The number of fused-ring (bicyclic) bond motifs is 9. The molecule has 0 saturated carbocycles. The van der Waals surface area contributed by atoms with Gasteiger partial charge in [-0.25, -0.2) is 9.97 Å². The fraction of sp³-hybridized carbons (Fsp3) is 0. The molecule has 0 bridgehead atoms. The molecule has 0 aliphatic rings. The van der Waals surface area contributed by atoms with Crippen molar-refractivity contribution >= 4 is 75.3 Å². The van der Waals surface area contributed by atoms with Gasteiger partial charge in [0, 0.05) is 53.8 Å². The molecule has 238 valence electrons. The number of para-hydroxylation sites is 4. The van der Waals surface area contributed by atoms with Crippen molar-refractivity contribution in [1.29, 1.82) is 0 Å². The molecule has 7 aromatic carbocycles. The van der Waals surface area contributed by atoms with Gasteiger partial charge in [0.1, 0.15) is 4.83 Å². The minimum atomic E-state index is 0.719. The molecule has 0 aliphatic heterocycles. The van der Waals surface area contributed by atoms with E-state index in [9.17, 15) is 0 Å². The number of nitrogens with zero attached hydrogens (tertiary/aromatic N) is 4. The summed E-state index contributed by atoms with van der Waals surface area (Å²) < 4.78 is 6.02. The molecule has 0 N–H and O–H groups in total. The lowest BCUT2D eigenvalue weighted by Crippen LogP contribution is -2.00. The van der Waals surface area contributed by atoms with Crippen LogP contribution < -0.4 is 0 Å². The van der Waals surface area contributed by atoms with Crippen LogP contribution in [0.2, 0.25) is 0 Å². The van der Waals surface area contributed by atoms with Gasteiger partial charge in [-0.15, -0.1) is 11.3 Å². The van der Waals surface area contributed by atoms with Crippen LogP contribution in [0, 0.1) is 0 Å². The Balaban J connectivity index is 1.23. The molecule has 4 aromatic heterocycles. The number of benzene rings is 7. The number of hydrogen-bond acceptors (Lipinski definition) is 3. The van der Waals surface area contributed by atoms with Crippen molar-refractivity contribution < 1.29 is 0 Å². The van der Waals surface area contributed by atoms with Crippen LogP contribution in [0.1, 0.15) is 0 Å². The minimum Gasteiger partial charge on any atom is -0.309 e. The van der Waals surface area contributed by atoms with Gasteiger partial charge in [-0.05, 0) is 54.6 Å². The standard InChI is InChI=1S/C46H28N4S/c1-3-15-29(16-4-1)44-43-34-22-10-14-26-42(34)51-46(43)48-45(47-44)33-21-9-13-25-39(33)50-38-24-12-8-20-32(38)36-27-40-35(28-41(36)50)31-19-7-11-23-37(31)49(40)30-17-5-2-6-18-30/h1-28H. The van der Waals surface area contributed by atoms with Gasteiger partial charge >= 0.3 is 0 Å². The highest BCUT2D eigenvalue weighted by atomic mass is 32.1. The largest absolute Gasteiger partial charge is 0.309 e. The van der Waals surface area contributed by atoms with Gasteiger partial charge in [0.05, 0.1) is 33.4 Å². The molecule has 51 heavy (non-hydrogen) atoms. The van der Waals surface area contributed by atoms with Gasteiger partial charge in [-0.1, -0.05) is 115 Å². The van der Waals surface area contributed by atoms with Gasteiger partial charge in [0.25, 0.3) is 0 Å². The summed E-state index contributed by atoms with van der Waals surface area (Å²) in [6.07, 6.45) is 0. The molecule has 0 spiro atoms. The molecule has 4 nitrogen and oxygen atoms in total. The van der Waals surface area contributed by atoms with E-state index in [0.717, 1.165) is 55.3 Å². The van der Waals surface area contributed by atoms with Crippen LogP contribution >= 0.6 is 11.3 Å². The topological polar surface area (TPSA) is 35.6 Å². The Morgan fingerprint density at radius 2 is 1.00 bits per heavy atom. The second kappa shape index (κ2) is 11.0. The Hall–Kier alpha value is -6.56. The van der Waals surface area contributed by atoms with E-state index in [1.54, 1.807) is 11.3 Å². The van der Waals surface area contributed by atoms with Crippen LogP contribution in [0.3, 0.4) is 0 Å². The quantitative estimate of drug-likeness (QED) is 0.187. The SMILES string of the molecule is c1ccc(-c2nc(-c3ccccc3-n3c4ccccc4c4cc5c(cc43)c3ccccc3n5-c3ccccc3)nc3sc4ccccc4c23)cc1. The lowest BCUT2D eigenvalue weighted by Gasteiger charge is -2.14. The van der Waals surface area contributed by atoms with E-state index < -0.39 is 0 Å². The molecule has 0 fully saturated rings. The predicted molar refractivity (Wildman–Crippen MR) is 214 cm³/mol. The molecule has 0 amide bonds. The van der Waals surface area contributed by atoms with Crippen molar-refractivity contribution in [3.8, 4) is 34.0 Å². The van der Waals surface area contributed by atoms with Crippen LogP contribution in [-0.2, 0) is 0 Å². The average molecular weight is 669 g/mol. The Kier molecular flexibility index (Phi) is 6.09. The maximum atomic E-state index is 5.40. The zero-order valence-electron chi connectivity index (χ0n) is 27.4. The van der Waals surface area contributed by atoms with Crippen LogP contribution in [-0.4, -0.2) is 19.1 Å². The molecule has 11 aromatic rings. The number of thiophene rings is 1. The second-order valence-corrected chi connectivity index (χ2v) is 14.0. The molecule has 0 aliphatic carbocycles. The molecular weight excluding hydrogens is 641 g/mol. The van der Waals surface area contributed by atoms with Gasteiger partial charge in [-0.3, -0.25) is 0 Å². The number of aromatic nitrogens is 4. The van der Waals surface area contributed by atoms with Crippen molar-refractivity contribution in [2.24, 2.45) is 0 Å². The first-order chi connectivity index (χ1) is 25.3. The highest BCUT2D eigenvalue weighted by molar-refractivity contribution is 7.25. The van der Waals surface area contributed by atoms with E-state index in [1.165, 1.54) is 42.7 Å². The molecule has 5 heteroatoms. The first-order valence-electron chi connectivity index (χ1n) is 17.2. The fourth-order valence-electron chi connectivity index (χ4n) is 7.95. The van der Waals surface area contributed by atoms with Crippen molar-refractivity contribution in [3.05, 3.63) is 170 Å². The summed E-state index contributed by atoms with van der Waals surface area (Å²) in [6, 6.07) is 60.6. The van der Waals surface area contributed by atoms with E-state index in [1.807, 2.05) is 0 Å². The van der Waals surface area contributed by atoms with E-state index >= 15 is 0 Å². The Bertz CT molecular complexity index is 3130. The highest BCUT2D eigenvalue weighted by Crippen LogP contribution is 2.43. The van der Waals surface area contributed by atoms with Crippen molar-refractivity contribution in [1.82, 2.24) is 19.1 Å². The third-order valence-electron chi connectivity index (χ3n) is 10.2.